The van der Waals surface area contributed by atoms with Crippen LogP contribution >= 0.6 is 11.6 Å². The summed E-state index contributed by atoms with van der Waals surface area (Å²) in [6, 6.07) is 16.8. The standard InChI is InChI=1S/C21H21ClN4O2/c1-14-24-18(21(27)23-11-10-15-6-4-3-5-7-15)13-20(25-14)26-17-12-16(22)8-9-19(17)28-2/h3-9,12-13H,10-11H2,1-2H3,(H,23,27)(H,24,25,26). The van der Waals surface area contributed by atoms with Gasteiger partial charge in [0.05, 0.1) is 12.8 Å². The zero-order valence-electron chi connectivity index (χ0n) is 15.7. The molecule has 144 valence electrons. The Kier molecular flexibility index (Phi) is 6.45. The third kappa shape index (κ3) is 5.20. The van der Waals surface area contributed by atoms with E-state index in [9.17, 15) is 4.79 Å². The van der Waals surface area contributed by atoms with Crippen LogP contribution in [0.5, 0.6) is 5.75 Å². The Balaban J connectivity index is 1.70. The Labute approximate surface area is 168 Å². The molecule has 0 spiro atoms. The summed E-state index contributed by atoms with van der Waals surface area (Å²) < 4.78 is 5.33. The molecule has 7 heteroatoms. The summed E-state index contributed by atoms with van der Waals surface area (Å²) >= 11 is 6.07. The van der Waals surface area contributed by atoms with E-state index in [1.165, 1.54) is 0 Å². The first kappa shape index (κ1) is 19.6. The fourth-order valence-electron chi connectivity index (χ4n) is 2.72. The molecule has 0 radical (unpaired) electrons. The molecule has 1 heterocycles. The molecule has 3 rings (SSSR count). The summed E-state index contributed by atoms with van der Waals surface area (Å²) in [5, 5.41) is 6.60. The van der Waals surface area contributed by atoms with Crippen LogP contribution in [0.4, 0.5) is 11.5 Å². The van der Waals surface area contributed by atoms with E-state index in [2.05, 4.69) is 20.6 Å². The van der Waals surface area contributed by atoms with Crippen molar-refractivity contribution in [2.45, 2.75) is 13.3 Å². The second-order valence-corrected chi connectivity index (χ2v) is 6.58. The van der Waals surface area contributed by atoms with Crippen LogP contribution in [0, 0.1) is 6.92 Å². The predicted molar refractivity (Wildman–Crippen MR) is 111 cm³/mol. The lowest BCUT2D eigenvalue weighted by molar-refractivity contribution is 0.0949. The number of aromatic nitrogens is 2. The third-order valence-electron chi connectivity index (χ3n) is 4.04. The number of amides is 1. The number of rotatable bonds is 7. The highest BCUT2D eigenvalue weighted by molar-refractivity contribution is 6.31. The van der Waals surface area contributed by atoms with Gasteiger partial charge in [-0.3, -0.25) is 4.79 Å². The van der Waals surface area contributed by atoms with Gasteiger partial charge in [0.1, 0.15) is 23.1 Å². The topological polar surface area (TPSA) is 76.1 Å². The summed E-state index contributed by atoms with van der Waals surface area (Å²) in [6.07, 6.45) is 0.751. The number of benzene rings is 2. The van der Waals surface area contributed by atoms with Crippen molar-refractivity contribution >= 4 is 29.0 Å². The summed E-state index contributed by atoms with van der Waals surface area (Å²) in [4.78, 5) is 21.1. The molecule has 0 aliphatic rings. The van der Waals surface area contributed by atoms with Crippen molar-refractivity contribution in [3.63, 3.8) is 0 Å². The summed E-state index contributed by atoms with van der Waals surface area (Å²) in [6.45, 7) is 2.26. The number of aryl methyl sites for hydroxylation is 1. The van der Waals surface area contributed by atoms with Gasteiger partial charge in [-0.1, -0.05) is 41.9 Å². The number of hydrogen-bond acceptors (Lipinski definition) is 5. The molecular weight excluding hydrogens is 376 g/mol. The van der Waals surface area contributed by atoms with Crippen molar-refractivity contribution in [3.05, 3.63) is 76.7 Å². The zero-order valence-corrected chi connectivity index (χ0v) is 16.5. The first-order chi connectivity index (χ1) is 13.5. The number of methoxy groups -OCH3 is 1. The van der Waals surface area contributed by atoms with Gasteiger partial charge in [0, 0.05) is 17.6 Å². The molecule has 6 nitrogen and oxygen atoms in total. The Hall–Kier alpha value is -3.12. The van der Waals surface area contributed by atoms with Gasteiger partial charge in [-0.05, 0) is 37.1 Å². The van der Waals surface area contributed by atoms with Gasteiger partial charge in [-0.2, -0.15) is 0 Å². The maximum atomic E-state index is 12.5. The van der Waals surface area contributed by atoms with E-state index in [0.717, 1.165) is 12.0 Å². The molecule has 0 aliphatic carbocycles. The lowest BCUT2D eigenvalue weighted by atomic mass is 10.1. The van der Waals surface area contributed by atoms with E-state index >= 15 is 0 Å². The van der Waals surface area contributed by atoms with Crippen LogP contribution in [0.25, 0.3) is 0 Å². The van der Waals surface area contributed by atoms with Crippen molar-refractivity contribution in [3.8, 4) is 5.75 Å². The normalized spacial score (nSPS) is 10.4. The van der Waals surface area contributed by atoms with Crippen LogP contribution in [0.1, 0.15) is 21.9 Å². The molecule has 0 aliphatic heterocycles. The van der Waals surface area contributed by atoms with Crippen molar-refractivity contribution in [2.24, 2.45) is 0 Å². The smallest absolute Gasteiger partial charge is 0.270 e. The van der Waals surface area contributed by atoms with Gasteiger partial charge < -0.3 is 15.4 Å². The minimum Gasteiger partial charge on any atom is -0.495 e. The molecule has 1 aromatic heterocycles. The summed E-state index contributed by atoms with van der Waals surface area (Å²) in [5.41, 5.74) is 2.12. The molecule has 2 N–H and O–H groups in total. The maximum Gasteiger partial charge on any atom is 0.270 e. The number of halogens is 1. The molecule has 2 aromatic carbocycles. The van der Waals surface area contributed by atoms with Crippen LogP contribution in [-0.2, 0) is 6.42 Å². The minimum atomic E-state index is -0.248. The predicted octanol–water partition coefficient (Wildman–Crippen LogP) is 4.16. The van der Waals surface area contributed by atoms with Crippen LogP contribution in [-0.4, -0.2) is 29.5 Å². The second kappa shape index (κ2) is 9.19. The minimum absolute atomic E-state index is 0.248. The SMILES string of the molecule is COc1ccc(Cl)cc1Nc1cc(C(=O)NCCc2ccccc2)nc(C)n1. The number of anilines is 2. The van der Waals surface area contributed by atoms with Crippen molar-refractivity contribution in [2.75, 3.05) is 19.0 Å². The Bertz CT molecular complexity index is 964. The van der Waals surface area contributed by atoms with Gasteiger partial charge in [0.2, 0.25) is 0 Å². The number of nitrogens with zero attached hydrogens (tertiary/aromatic N) is 2. The number of carbonyl (C=O) groups is 1. The fourth-order valence-corrected chi connectivity index (χ4v) is 2.89. The molecular formula is C21H21ClN4O2. The first-order valence-electron chi connectivity index (χ1n) is 8.83. The Morgan fingerprint density at radius 2 is 1.89 bits per heavy atom. The molecule has 0 saturated carbocycles. The Morgan fingerprint density at radius 3 is 2.64 bits per heavy atom. The Morgan fingerprint density at radius 1 is 1.11 bits per heavy atom. The molecule has 0 atom stereocenters. The monoisotopic (exact) mass is 396 g/mol. The molecule has 0 fully saturated rings. The van der Waals surface area contributed by atoms with Gasteiger partial charge in [0.15, 0.2) is 0 Å². The fraction of sp³-hybridized carbons (Fsp3) is 0.190. The molecule has 0 bridgehead atoms. The van der Waals surface area contributed by atoms with E-state index in [1.54, 1.807) is 38.3 Å². The summed E-state index contributed by atoms with van der Waals surface area (Å²) in [5.74, 6) is 1.34. The van der Waals surface area contributed by atoms with E-state index < -0.39 is 0 Å². The van der Waals surface area contributed by atoms with E-state index in [1.807, 2.05) is 30.3 Å². The quantitative estimate of drug-likeness (QED) is 0.627. The number of carbonyl (C=O) groups excluding carboxylic acids is 1. The molecule has 0 saturated heterocycles. The second-order valence-electron chi connectivity index (χ2n) is 6.15. The van der Waals surface area contributed by atoms with E-state index in [-0.39, 0.29) is 5.91 Å². The summed E-state index contributed by atoms with van der Waals surface area (Å²) in [7, 11) is 1.57. The molecule has 28 heavy (non-hydrogen) atoms. The highest BCUT2D eigenvalue weighted by Gasteiger charge is 2.12. The third-order valence-corrected chi connectivity index (χ3v) is 4.27. The van der Waals surface area contributed by atoms with Crippen LogP contribution < -0.4 is 15.4 Å². The van der Waals surface area contributed by atoms with Crippen molar-refractivity contribution < 1.29 is 9.53 Å². The molecule has 1 amide bonds. The lowest BCUT2D eigenvalue weighted by Crippen LogP contribution is -2.27. The number of hydrogen-bond donors (Lipinski definition) is 2. The van der Waals surface area contributed by atoms with Gasteiger partial charge in [0.25, 0.3) is 5.91 Å². The highest BCUT2D eigenvalue weighted by atomic mass is 35.5. The van der Waals surface area contributed by atoms with Gasteiger partial charge in [-0.25, -0.2) is 9.97 Å². The van der Waals surface area contributed by atoms with Crippen molar-refractivity contribution in [1.29, 1.82) is 0 Å². The molecule has 3 aromatic rings. The highest BCUT2D eigenvalue weighted by Crippen LogP contribution is 2.30. The van der Waals surface area contributed by atoms with Gasteiger partial charge in [-0.15, -0.1) is 0 Å². The van der Waals surface area contributed by atoms with Crippen LogP contribution in [0.3, 0.4) is 0 Å². The number of ether oxygens (including phenoxy) is 1. The van der Waals surface area contributed by atoms with E-state index in [4.69, 9.17) is 16.3 Å². The number of nitrogens with one attached hydrogen (secondary N) is 2. The molecule has 0 unspecified atom stereocenters. The zero-order chi connectivity index (χ0) is 19.9. The maximum absolute atomic E-state index is 12.5. The average Bonchev–Trinajstić information content (AvgIpc) is 2.68. The van der Waals surface area contributed by atoms with Crippen LogP contribution in [0.15, 0.2) is 54.6 Å². The largest absolute Gasteiger partial charge is 0.495 e. The first-order valence-corrected chi connectivity index (χ1v) is 9.21. The van der Waals surface area contributed by atoms with Crippen molar-refractivity contribution in [1.82, 2.24) is 15.3 Å². The average molecular weight is 397 g/mol. The van der Waals surface area contributed by atoms with E-state index in [0.29, 0.717) is 40.3 Å². The van der Waals surface area contributed by atoms with Crippen LogP contribution in [0.2, 0.25) is 5.02 Å². The van der Waals surface area contributed by atoms with Gasteiger partial charge >= 0.3 is 0 Å². The lowest BCUT2D eigenvalue weighted by Gasteiger charge is -2.12.